The summed E-state index contributed by atoms with van der Waals surface area (Å²) in [5.74, 6) is 0. The third kappa shape index (κ3) is 2.92. The number of likely N-dealkylation sites (tertiary alicyclic amines) is 2. The van der Waals surface area contributed by atoms with E-state index in [1.165, 1.54) is 44.6 Å². The van der Waals surface area contributed by atoms with Crippen molar-refractivity contribution >= 4 is 6.29 Å². The molecule has 4 nitrogen and oxygen atoms in total. The zero-order valence-electron chi connectivity index (χ0n) is 14.7. The van der Waals surface area contributed by atoms with Gasteiger partial charge in [-0.2, -0.15) is 0 Å². The largest absolute Gasteiger partial charge is 0.324 e. The number of piperidine rings is 1. The van der Waals surface area contributed by atoms with Crippen LogP contribution in [0.4, 0.5) is 0 Å². The van der Waals surface area contributed by atoms with Crippen LogP contribution in [0.15, 0.2) is 30.3 Å². The molecule has 0 atom stereocenters. The number of benzene rings is 1. The van der Waals surface area contributed by atoms with Crippen LogP contribution in [0.3, 0.4) is 0 Å². The molecule has 2 heterocycles. The van der Waals surface area contributed by atoms with Crippen LogP contribution in [-0.4, -0.2) is 54.9 Å². The lowest BCUT2D eigenvalue weighted by molar-refractivity contribution is -0.110. The second-order valence-corrected chi connectivity index (χ2v) is 8.72. The number of carbonyl (C=O) groups is 1. The minimum atomic E-state index is -0.00694. The predicted octanol–water partition coefficient (Wildman–Crippen LogP) is 1.89. The number of fused-ring (bicyclic) bond motifs is 1. The van der Waals surface area contributed by atoms with Gasteiger partial charge in [-0.05, 0) is 56.8 Å². The first-order valence-corrected chi connectivity index (χ1v) is 9.18. The number of carbonyl (C=O) groups excluding carboxylic acids is 1. The lowest BCUT2D eigenvalue weighted by atomic mass is 9.72. The zero-order chi connectivity index (χ0) is 16.8. The van der Waals surface area contributed by atoms with Gasteiger partial charge in [0.25, 0.3) is 0 Å². The molecule has 2 N–H and O–H groups in total. The summed E-state index contributed by atoms with van der Waals surface area (Å²) >= 11 is 0. The van der Waals surface area contributed by atoms with Crippen molar-refractivity contribution in [1.29, 1.82) is 0 Å². The molecule has 2 aliphatic heterocycles. The topological polar surface area (TPSA) is 49.6 Å². The molecule has 2 saturated carbocycles. The van der Waals surface area contributed by atoms with E-state index < -0.39 is 0 Å². The van der Waals surface area contributed by atoms with Gasteiger partial charge in [-0.25, -0.2) is 0 Å². The summed E-state index contributed by atoms with van der Waals surface area (Å²) in [6, 6.07) is 10.8. The fourth-order valence-corrected chi connectivity index (χ4v) is 4.45. The number of nitrogens with zero attached hydrogens (tertiary/aromatic N) is 2. The fourth-order valence-electron chi connectivity index (χ4n) is 4.45. The van der Waals surface area contributed by atoms with Gasteiger partial charge >= 0.3 is 0 Å². The molecule has 0 amide bonds. The Morgan fingerprint density at radius 3 is 2.17 bits per heavy atom. The lowest BCUT2D eigenvalue weighted by Crippen LogP contribution is -2.59. The number of hydrogen-bond donors (Lipinski definition) is 1. The highest BCUT2D eigenvalue weighted by Gasteiger charge is 2.81. The highest BCUT2D eigenvalue weighted by Crippen LogP contribution is 2.75. The minimum Gasteiger partial charge on any atom is -0.324 e. The second kappa shape index (κ2) is 5.65. The molecule has 4 heteroatoms. The molecule has 2 aliphatic carbocycles. The van der Waals surface area contributed by atoms with E-state index in [1.807, 2.05) is 0 Å². The van der Waals surface area contributed by atoms with Gasteiger partial charge in [0, 0.05) is 30.6 Å². The van der Waals surface area contributed by atoms with Gasteiger partial charge in [-0.3, -0.25) is 4.90 Å². The minimum absolute atomic E-state index is 0.00521. The smallest absolute Gasteiger partial charge is 0.128 e. The highest BCUT2D eigenvalue weighted by molar-refractivity contribution is 5.76. The van der Waals surface area contributed by atoms with Crippen molar-refractivity contribution in [2.24, 2.45) is 16.6 Å². The van der Waals surface area contributed by atoms with E-state index in [2.05, 4.69) is 47.2 Å². The predicted molar refractivity (Wildman–Crippen MR) is 95.5 cm³/mol. The van der Waals surface area contributed by atoms with Gasteiger partial charge in [0.15, 0.2) is 0 Å². The Morgan fingerprint density at radius 1 is 1.12 bits per heavy atom. The monoisotopic (exact) mass is 327 g/mol. The Balaban J connectivity index is 0.000000172. The van der Waals surface area contributed by atoms with Gasteiger partial charge in [0.05, 0.1) is 0 Å². The van der Waals surface area contributed by atoms with Crippen molar-refractivity contribution in [3.05, 3.63) is 35.9 Å². The van der Waals surface area contributed by atoms with Crippen molar-refractivity contribution in [3.8, 4) is 0 Å². The molecule has 1 aromatic rings. The number of aldehydes is 1. The van der Waals surface area contributed by atoms with Crippen molar-refractivity contribution in [2.75, 3.05) is 33.2 Å². The SMILES string of the molecule is CN1CCC2(CC1)CN(Cc1ccccc1)C2.NC12CC1(C=O)C2. The molecule has 5 rings (SSSR count). The van der Waals surface area contributed by atoms with Crippen molar-refractivity contribution in [1.82, 2.24) is 9.80 Å². The molecular weight excluding hydrogens is 298 g/mol. The van der Waals surface area contributed by atoms with Crippen LogP contribution >= 0.6 is 0 Å². The van der Waals surface area contributed by atoms with Crippen LogP contribution in [0.5, 0.6) is 0 Å². The Hall–Kier alpha value is -1.23. The Labute approximate surface area is 145 Å². The van der Waals surface area contributed by atoms with Crippen LogP contribution in [-0.2, 0) is 11.3 Å². The summed E-state index contributed by atoms with van der Waals surface area (Å²) in [5.41, 5.74) is 7.66. The van der Waals surface area contributed by atoms with Crippen LogP contribution in [0.2, 0.25) is 0 Å². The van der Waals surface area contributed by atoms with Crippen LogP contribution < -0.4 is 5.73 Å². The third-order valence-electron chi connectivity index (χ3n) is 6.64. The van der Waals surface area contributed by atoms with E-state index in [9.17, 15) is 4.79 Å². The molecular formula is C20H29N3O. The van der Waals surface area contributed by atoms with Gasteiger partial charge in [0.1, 0.15) is 6.29 Å². The molecule has 2 saturated heterocycles. The van der Waals surface area contributed by atoms with Crippen molar-refractivity contribution in [3.63, 3.8) is 0 Å². The second-order valence-electron chi connectivity index (χ2n) is 8.72. The zero-order valence-corrected chi connectivity index (χ0v) is 14.7. The molecule has 0 aromatic heterocycles. The van der Waals surface area contributed by atoms with Crippen LogP contribution in [0.1, 0.15) is 31.2 Å². The summed E-state index contributed by atoms with van der Waals surface area (Å²) in [6.07, 6.45) is 5.70. The Kier molecular flexibility index (Phi) is 3.83. The van der Waals surface area contributed by atoms with E-state index in [-0.39, 0.29) is 11.0 Å². The van der Waals surface area contributed by atoms with E-state index in [0.717, 1.165) is 25.7 Å². The molecule has 1 aromatic carbocycles. The van der Waals surface area contributed by atoms with Gasteiger partial charge < -0.3 is 15.4 Å². The van der Waals surface area contributed by atoms with Crippen LogP contribution in [0, 0.1) is 10.8 Å². The maximum Gasteiger partial charge on any atom is 0.128 e. The molecule has 4 aliphatic rings. The van der Waals surface area contributed by atoms with Gasteiger partial charge in [0.2, 0.25) is 0 Å². The van der Waals surface area contributed by atoms with E-state index in [4.69, 9.17) is 5.73 Å². The molecule has 0 radical (unpaired) electrons. The first-order valence-electron chi connectivity index (χ1n) is 9.18. The summed E-state index contributed by atoms with van der Waals surface area (Å²) in [5, 5.41) is 0. The lowest BCUT2D eigenvalue weighted by Gasteiger charge is -2.54. The van der Waals surface area contributed by atoms with E-state index in [0.29, 0.717) is 5.41 Å². The Bertz CT molecular complexity index is 593. The average molecular weight is 327 g/mol. The third-order valence-corrected chi connectivity index (χ3v) is 6.64. The van der Waals surface area contributed by atoms with E-state index >= 15 is 0 Å². The summed E-state index contributed by atoms with van der Waals surface area (Å²) in [6.45, 7) is 6.35. The van der Waals surface area contributed by atoms with Crippen molar-refractivity contribution in [2.45, 2.75) is 37.8 Å². The molecule has 0 unspecified atom stereocenters. The number of nitrogens with two attached hydrogens (primary N) is 1. The quantitative estimate of drug-likeness (QED) is 0.862. The first-order chi connectivity index (χ1) is 11.5. The maximum absolute atomic E-state index is 10.1. The van der Waals surface area contributed by atoms with Gasteiger partial charge in [-0.15, -0.1) is 0 Å². The van der Waals surface area contributed by atoms with Gasteiger partial charge in [-0.1, -0.05) is 30.3 Å². The summed E-state index contributed by atoms with van der Waals surface area (Å²) in [7, 11) is 2.24. The summed E-state index contributed by atoms with van der Waals surface area (Å²) in [4.78, 5) is 15.1. The molecule has 130 valence electrons. The first kappa shape index (κ1) is 16.2. The average Bonchev–Trinajstić information content (AvgIpc) is 3.34. The van der Waals surface area contributed by atoms with Crippen LogP contribution in [0.25, 0.3) is 0 Å². The standard InChI is InChI=1S/C15H22N2.C5H7NO/c1-16-9-7-15(8-10-16)12-17(13-15)11-14-5-3-2-4-6-14;6-5-1-4(5,2-5)3-7/h2-6H,7-13H2,1H3;3H,1-2,6H2. The maximum atomic E-state index is 10.1. The van der Waals surface area contributed by atoms with Crippen molar-refractivity contribution < 1.29 is 4.79 Å². The molecule has 0 bridgehead atoms. The highest BCUT2D eigenvalue weighted by atomic mass is 16.1. The Morgan fingerprint density at radius 2 is 1.71 bits per heavy atom. The summed E-state index contributed by atoms with van der Waals surface area (Å²) < 4.78 is 0. The number of rotatable bonds is 3. The molecule has 1 spiro atoms. The molecule has 4 fully saturated rings. The number of hydrogen-bond acceptors (Lipinski definition) is 4. The fraction of sp³-hybridized carbons (Fsp3) is 0.650. The molecule has 24 heavy (non-hydrogen) atoms. The normalized spacial score (nSPS) is 36.1. The van der Waals surface area contributed by atoms with E-state index in [1.54, 1.807) is 0 Å².